The van der Waals surface area contributed by atoms with Gasteiger partial charge in [-0.25, -0.2) is 0 Å². The number of likely N-dealkylation sites (tertiary alicyclic amines) is 1. The highest BCUT2D eigenvalue weighted by Crippen LogP contribution is 2.54. The summed E-state index contributed by atoms with van der Waals surface area (Å²) < 4.78 is 17.7. The predicted molar refractivity (Wildman–Crippen MR) is 138 cm³/mol. The van der Waals surface area contributed by atoms with E-state index < -0.39 is 41.6 Å². The molecule has 0 aliphatic carbocycles. The van der Waals surface area contributed by atoms with Crippen LogP contribution in [0.5, 0.6) is 0 Å². The highest BCUT2D eigenvalue weighted by atomic mass is 16.6. The summed E-state index contributed by atoms with van der Waals surface area (Å²) in [6.45, 7) is 8.58. The summed E-state index contributed by atoms with van der Waals surface area (Å²) >= 11 is 0. The molecule has 0 aromatic rings. The quantitative estimate of drug-likeness (QED) is 0.376. The van der Waals surface area contributed by atoms with Crippen LogP contribution in [0.4, 0.5) is 0 Å². The van der Waals surface area contributed by atoms with E-state index >= 15 is 0 Å². The molecule has 3 fully saturated rings. The van der Waals surface area contributed by atoms with Gasteiger partial charge >= 0.3 is 5.97 Å². The Kier molecular flexibility index (Phi) is 8.23. The minimum Gasteiger partial charge on any atom is -0.465 e. The van der Waals surface area contributed by atoms with Gasteiger partial charge in [-0.1, -0.05) is 44.6 Å². The van der Waals surface area contributed by atoms with Crippen LogP contribution in [-0.2, 0) is 28.6 Å². The van der Waals surface area contributed by atoms with Crippen molar-refractivity contribution in [2.75, 3.05) is 59.2 Å². The van der Waals surface area contributed by atoms with Gasteiger partial charge in [0.15, 0.2) is 0 Å². The van der Waals surface area contributed by atoms with Crippen LogP contribution in [0.1, 0.15) is 33.1 Å². The summed E-state index contributed by atoms with van der Waals surface area (Å²) in [7, 11) is 0. The first-order chi connectivity index (χ1) is 18.4. The lowest BCUT2D eigenvalue weighted by atomic mass is 9.78. The molecule has 5 aliphatic rings. The minimum absolute atomic E-state index is 0.0511. The summed E-state index contributed by atoms with van der Waals surface area (Å²) in [6, 6.07) is -1.53. The second-order valence-corrected chi connectivity index (χ2v) is 11.1. The largest absolute Gasteiger partial charge is 0.465 e. The molecular formula is C28H41N3O7. The smallest absolute Gasteiger partial charge is 0.312 e. The second kappa shape index (κ2) is 11.5. The van der Waals surface area contributed by atoms with Crippen LogP contribution in [0, 0.1) is 17.8 Å². The molecular weight excluding hydrogens is 490 g/mol. The van der Waals surface area contributed by atoms with E-state index in [2.05, 4.69) is 4.90 Å². The third kappa shape index (κ3) is 4.69. The number of carbonyl (C=O) groups is 3. The molecule has 10 heteroatoms. The van der Waals surface area contributed by atoms with Gasteiger partial charge in [-0.15, -0.1) is 0 Å². The number of allylic oxidation sites excluding steroid dienone is 1. The standard InChI is InChI=1S/C28H41N3O7/c1-3-19(2)20(18-32)31-24-26(34)30(12-11-29-13-16-36-17-14-29)10-7-9-28(24)23(25(31)33)22-21(38-28)8-5-4-6-15-37-27(22)35/h5,7-9,19-24,32H,3-4,6,10-18H2,1-2H3/b8-5-/t19-,20-,21+,22-,23-,24?,28-/m0/s1. The molecule has 0 aromatic carbocycles. The van der Waals surface area contributed by atoms with Gasteiger partial charge < -0.3 is 29.1 Å². The molecule has 1 unspecified atom stereocenters. The molecule has 10 nitrogen and oxygen atoms in total. The van der Waals surface area contributed by atoms with Crippen molar-refractivity contribution in [3.8, 4) is 0 Å². The molecule has 0 saturated carbocycles. The van der Waals surface area contributed by atoms with Gasteiger partial charge in [0.1, 0.15) is 17.6 Å². The lowest BCUT2D eigenvalue weighted by Crippen LogP contribution is -2.59. The number of aliphatic hydroxyl groups excluding tert-OH is 1. The van der Waals surface area contributed by atoms with Crippen LogP contribution in [0.25, 0.3) is 0 Å². The van der Waals surface area contributed by atoms with Gasteiger partial charge in [-0.05, 0) is 18.8 Å². The molecule has 1 spiro atoms. The number of carbonyl (C=O) groups excluding carboxylic acids is 3. The molecule has 1 N–H and O–H groups in total. The molecule has 0 radical (unpaired) electrons. The number of aliphatic hydroxyl groups is 1. The highest BCUT2D eigenvalue weighted by molar-refractivity contribution is 5.99. The van der Waals surface area contributed by atoms with Crippen molar-refractivity contribution in [1.82, 2.24) is 14.7 Å². The van der Waals surface area contributed by atoms with Crippen LogP contribution in [0.15, 0.2) is 24.3 Å². The third-order valence-corrected chi connectivity index (χ3v) is 9.01. The minimum atomic E-state index is -1.30. The second-order valence-electron chi connectivity index (χ2n) is 11.1. The summed E-state index contributed by atoms with van der Waals surface area (Å²) in [6.07, 6.45) is 9.09. The topological polar surface area (TPSA) is 109 Å². The first-order valence-corrected chi connectivity index (χ1v) is 14.1. The lowest BCUT2D eigenvalue weighted by Gasteiger charge is -2.40. The number of amides is 2. The average molecular weight is 532 g/mol. The van der Waals surface area contributed by atoms with E-state index in [-0.39, 0.29) is 30.9 Å². The Balaban J connectivity index is 1.53. The van der Waals surface area contributed by atoms with Gasteiger partial charge in [0.05, 0.1) is 44.5 Å². The third-order valence-electron chi connectivity index (χ3n) is 9.01. The van der Waals surface area contributed by atoms with E-state index in [0.29, 0.717) is 39.3 Å². The Morgan fingerprint density at radius 3 is 2.63 bits per heavy atom. The molecule has 7 atom stereocenters. The maximum atomic E-state index is 14.4. The summed E-state index contributed by atoms with van der Waals surface area (Å²) in [5.74, 6) is -2.78. The zero-order valence-corrected chi connectivity index (χ0v) is 22.5. The van der Waals surface area contributed by atoms with Gasteiger partial charge in [0, 0.05) is 32.7 Å². The zero-order valence-electron chi connectivity index (χ0n) is 22.5. The lowest BCUT2D eigenvalue weighted by molar-refractivity contribution is -0.157. The Bertz CT molecular complexity index is 964. The SMILES string of the molecule is CC[C@H](C)[C@H](CO)N1C(=O)[C@@H]2[C@H]3C(=O)OCCC/C=C\[C@H]3O[C@@]23C=CCN(CCN2CCOCC2)C(=O)C13. The zero-order chi connectivity index (χ0) is 26.9. The fraction of sp³-hybridized carbons (Fsp3) is 0.750. The number of ether oxygens (including phenoxy) is 3. The molecule has 210 valence electrons. The molecule has 5 aliphatic heterocycles. The van der Waals surface area contributed by atoms with Crippen LogP contribution >= 0.6 is 0 Å². The van der Waals surface area contributed by atoms with Gasteiger partial charge in [-0.3, -0.25) is 19.3 Å². The number of nitrogens with zero attached hydrogens (tertiary/aromatic N) is 3. The molecule has 5 heterocycles. The van der Waals surface area contributed by atoms with E-state index in [9.17, 15) is 19.5 Å². The van der Waals surface area contributed by atoms with E-state index in [0.717, 1.165) is 25.9 Å². The maximum Gasteiger partial charge on any atom is 0.312 e. The fourth-order valence-corrected chi connectivity index (χ4v) is 6.70. The molecule has 3 saturated heterocycles. The summed E-state index contributed by atoms with van der Waals surface area (Å²) in [4.78, 5) is 47.6. The Morgan fingerprint density at radius 1 is 1.11 bits per heavy atom. The van der Waals surface area contributed by atoms with Crippen molar-refractivity contribution in [3.63, 3.8) is 0 Å². The van der Waals surface area contributed by atoms with Crippen molar-refractivity contribution in [1.29, 1.82) is 0 Å². The van der Waals surface area contributed by atoms with Crippen LogP contribution in [0.2, 0.25) is 0 Å². The molecule has 2 amide bonds. The van der Waals surface area contributed by atoms with Crippen molar-refractivity contribution in [2.24, 2.45) is 17.8 Å². The first-order valence-electron chi connectivity index (χ1n) is 14.1. The normalized spacial score (nSPS) is 36.3. The van der Waals surface area contributed by atoms with E-state index in [4.69, 9.17) is 14.2 Å². The number of morpholine rings is 1. The van der Waals surface area contributed by atoms with E-state index in [1.54, 1.807) is 9.80 Å². The predicted octanol–water partition coefficient (Wildman–Crippen LogP) is 0.598. The summed E-state index contributed by atoms with van der Waals surface area (Å²) in [5.41, 5.74) is -1.30. The molecule has 38 heavy (non-hydrogen) atoms. The van der Waals surface area contributed by atoms with Crippen LogP contribution in [0.3, 0.4) is 0 Å². The Hall–Kier alpha value is -2.27. The monoisotopic (exact) mass is 531 g/mol. The van der Waals surface area contributed by atoms with E-state index in [1.165, 1.54) is 0 Å². The number of hydrogen-bond acceptors (Lipinski definition) is 8. The maximum absolute atomic E-state index is 14.4. The van der Waals surface area contributed by atoms with Crippen molar-refractivity contribution in [3.05, 3.63) is 24.3 Å². The summed E-state index contributed by atoms with van der Waals surface area (Å²) in [5, 5.41) is 10.5. The number of esters is 1. The first kappa shape index (κ1) is 27.3. The number of cyclic esters (lactones) is 1. The van der Waals surface area contributed by atoms with Crippen LogP contribution in [-0.4, -0.2) is 121 Å². The molecule has 0 aromatic heterocycles. The van der Waals surface area contributed by atoms with Gasteiger partial charge in [-0.2, -0.15) is 0 Å². The van der Waals surface area contributed by atoms with Crippen molar-refractivity contribution < 1.29 is 33.7 Å². The number of hydrogen-bond donors (Lipinski definition) is 1. The molecule has 0 bridgehead atoms. The van der Waals surface area contributed by atoms with Crippen molar-refractivity contribution in [2.45, 2.75) is 56.9 Å². The van der Waals surface area contributed by atoms with Gasteiger partial charge in [0.25, 0.3) is 0 Å². The van der Waals surface area contributed by atoms with E-state index in [1.807, 2.05) is 38.2 Å². The Morgan fingerprint density at radius 2 is 1.89 bits per heavy atom. The highest BCUT2D eigenvalue weighted by Gasteiger charge is 2.72. The van der Waals surface area contributed by atoms with Crippen molar-refractivity contribution >= 4 is 17.8 Å². The molecule has 5 rings (SSSR count). The average Bonchev–Trinajstić information content (AvgIpc) is 3.34. The Labute approximate surface area is 224 Å². The number of rotatable bonds is 7. The van der Waals surface area contributed by atoms with Crippen LogP contribution < -0.4 is 0 Å². The fourth-order valence-electron chi connectivity index (χ4n) is 6.70. The van der Waals surface area contributed by atoms with Gasteiger partial charge in [0.2, 0.25) is 11.8 Å². The number of fused-ring (bicyclic) bond motifs is 2.